The van der Waals surface area contributed by atoms with Crippen molar-refractivity contribution in [2.45, 2.75) is 18.5 Å². The lowest BCUT2D eigenvalue weighted by molar-refractivity contribution is -0.137. The van der Waals surface area contributed by atoms with Gasteiger partial charge in [0.25, 0.3) is 0 Å². The van der Waals surface area contributed by atoms with Crippen molar-refractivity contribution in [1.29, 1.82) is 0 Å². The number of benzene rings is 1. The second kappa shape index (κ2) is 8.38. The van der Waals surface area contributed by atoms with E-state index in [9.17, 15) is 13.2 Å². The van der Waals surface area contributed by atoms with Crippen LogP contribution in [0.5, 0.6) is 0 Å². The molecular formula is C20H22F3N5. The van der Waals surface area contributed by atoms with E-state index in [1.807, 2.05) is 19.4 Å². The van der Waals surface area contributed by atoms with E-state index in [4.69, 9.17) is 0 Å². The molecule has 2 aromatic rings. The van der Waals surface area contributed by atoms with Crippen molar-refractivity contribution in [1.82, 2.24) is 20.0 Å². The number of nitrogens with one attached hydrogen (secondary N) is 1. The molecule has 0 saturated carbocycles. The third kappa shape index (κ3) is 4.85. The smallest absolute Gasteiger partial charge is 0.345 e. The average Bonchev–Trinajstić information content (AvgIpc) is 3.30. The Morgan fingerprint density at radius 1 is 1.39 bits per heavy atom. The lowest BCUT2D eigenvalue weighted by Crippen LogP contribution is -2.40. The van der Waals surface area contributed by atoms with Crippen LogP contribution in [-0.4, -0.2) is 47.3 Å². The lowest BCUT2D eigenvalue weighted by atomic mass is 10.0. The summed E-state index contributed by atoms with van der Waals surface area (Å²) in [7, 11) is 3.61. The molecule has 2 heterocycles. The van der Waals surface area contributed by atoms with Crippen molar-refractivity contribution in [3.63, 3.8) is 0 Å². The van der Waals surface area contributed by atoms with Crippen LogP contribution in [0, 0.1) is 11.8 Å². The van der Waals surface area contributed by atoms with Crippen LogP contribution in [0.1, 0.15) is 29.0 Å². The maximum Gasteiger partial charge on any atom is 0.416 e. The summed E-state index contributed by atoms with van der Waals surface area (Å²) in [5, 5.41) is 7.39. The average molecular weight is 389 g/mol. The van der Waals surface area contributed by atoms with E-state index in [0.717, 1.165) is 37.6 Å². The van der Waals surface area contributed by atoms with Gasteiger partial charge in [-0.1, -0.05) is 17.9 Å². The predicted molar refractivity (Wildman–Crippen MR) is 102 cm³/mol. The second-order valence-corrected chi connectivity index (χ2v) is 6.66. The van der Waals surface area contributed by atoms with Crippen LogP contribution in [0.4, 0.5) is 13.2 Å². The van der Waals surface area contributed by atoms with Crippen molar-refractivity contribution in [2.75, 3.05) is 26.7 Å². The third-order valence-corrected chi connectivity index (χ3v) is 4.65. The van der Waals surface area contributed by atoms with Crippen molar-refractivity contribution in [3.8, 4) is 11.8 Å². The molecule has 1 aromatic heterocycles. The Hall–Kier alpha value is -2.95. The molecular weight excluding hydrogens is 367 g/mol. The van der Waals surface area contributed by atoms with Gasteiger partial charge in [-0.2, -0.15) is 18.3 Å². The maximum absolute atomic E-state index is 12.7. The van der Waals surface area contributed by atoms with Crippen LogP contribution in [0.3, 0.4) is 0 Å². The molecule has 0 spiro atoms. The molecule has 0 radical (unpaired) electrons. The minimum Gasteiger partial charge on any atom is -0.345 e. The summed E-state index contributed by atoms with van der Waals surface area (Å²) in [5.74, 6) is 6.78. The molecule has 1 atom stereocenters. The van der Waals surface area contributed by atoms with E-state index in [0.29, 0.717) is 18.0 Å². The van der Waals surface area contributed by atoms with E-state index >= 15 is 0 Å². The molecule has 148 valence electrons. The molecule has 5 nitrogen and oxygen atoms in total. The highest BCUT2D eigenvalue weighted by Gasteiger charge is 2.30. The fourth-order valence-electron chi connectivity index (χ4n) is 3.25. The summed E-state index contributed by atoms with van der Waals surface area (Å²) < 4.78 is 40.0. The van der Waals surface area contributed by atoms with Crippen LogP contribution >= 0.6 is 0 Å². The largest absolute Gasteiger partial charge is 0.416 e. The number of likely N-dealkylation sites (tertiary alicyclic amines) is 1. The molecule has 1 aromatic carbocycles. The fraction of sp³-hybridized carbons (Fsp3) is 0.400. The molecule has 1 aliphatic heterocycles. The molecule has 0 aliphatic carbocycles. The number of hydrogen-bond donors (Lipinski definition) is 1. The quantitative estimate of drug-likeness (QED) is 0.488. The van der Waals surface area contributed by atoms with Crippen LogP contribution < -0.4 is 5.32 Å². The van der Waals surface area contributed by atoms with Gasteiger partial charge in [0.05, 0.1) is 18.3 Å². The van der Waals surface area contributed by atoms with Crippen LogP contribution in [0.25, 0.3) is 0 Å². The topological polar surface area (TPSA) is 45.5 Å². The first-order chi connectivity index (χ1) is 13.4. The first-order valence-electron chi connectivity index (χ1n) is 8.97. The standard InChI is InChI=1S/C20H22F3N5/c1-24-19(28-10-8-16(14-28)17-12-26-27(2)13-17)25-9-4-6-15-5-3-7-18(11-15)20(21,22)23/h3,5,7,11-13,16H,8-10,14H2,1-2H3,(H,24,25). The Bertz CT molecular complexity index is 904. The summed E-state index contributed by atoms with van der Waals surface area (Å²) in [5.41, 5.74) is 0.857. The monoisotopic (exact) mass is 389 g/mol. The highest BCUT2D eigenvalue weighted by atomic mass is 19.4. The molecule has 1 aliphatic rings. The molecule has 3 rings (SSSR count). The minimum atomic E-state index is -4.36. The van der Waals surface area contributed by atoms with Gasteiger partial charge in [-0.05, 0) is 30.2 Å². The van der Waals surface area contributed by atoms with Gasteiger partial charge < -0.3 is 10.2 Å². The number of rotatable bonds is 2. The third-order valence-electron chi connectivity index (χ3n) is 4.65. The molecule has 8 heteroatoms. The summed E-state index contributed by atoms with van der Waals surface area (Å²) >= 11 is 0. The van der Waals surface area contributed by atoms with Crippen molar-refractivity contribution >= 4 is 5.96 Å². The SMILES string of the molecule is CN=C(NCC#Cc1cccc(C(F)(F)F)c1)N1CCC(c2cnn(C)c2)C1. The summed E-state index contributed by atoms with van der Waals surface area (Å²) in [6, 6.07) is 5.02. The van der Waals surface area contributed by atoms with Gasteiger partial charge in [-0.25, -0.2) is 0 Å². The Morgan fingerprint density at radius 3 is 2.89 bits per heavy atom. The summed E-state index contributed by atoms with van der Waals surface area (Å²) in [6.45, 7) is 2.02. The van der Waals surface area contributed by atoms with Crippen molar-refractivity contribution in [3.05, 3.63) is 53.3 Å². The van der Waals surface area contributed by atoms with Gasteiger partial charge in [0.2, 0.25) is 0 Å². The molecule has 0 bridgehead atoms. The molecule has 1 N–H and O–H groups in total. The normalized spacial score (nSPS) is 17.4. The lowest BCUT2D eigenvalue weighted by Gasteiger charge is -2.20. The molecule has 0 amide bonds. The van der Waals surface area contributed by atoms with Crippen LogP contribution in [0.2, 0.25) is 0 Å². The highest BCUT2D eigenvalue weighted by molar-refractivity contribution is 5.80. The Balaban J connectivity index is 1.55. The molecule has 28 heavy (non-hydrogen) atoms. The fourth-order valence-corrected chi connectivity index (χ4v) is 3.25. The Kier molecular flexibility index (Phi) is 5.93. The van der Waals surface area contributed by atoms with E-state index in [1.165, 1.54) is 11.6 Å². The maximum atomic E-state index is 12.7. The Labute approximate surface area is 162 Å². The van der Waals surface area contributed by atoms with E-state index in [1.54, 1.807) is 17.8 Å². The number of alkyl halides is 3. The van der Waals surface area contributed by atoms with Crippen molar-refractivity contribution in [2.24, 2.45) is 12.0 Å². The van der Waals surface area contributed by atoms with E-state index < -0.39 is 11.7 Å². The van der Waals surface area contributed by atoms with Gasteiger partial charge in [0, 0.05) is 44.9 Å². The number of hydrogen-bond acceptors (Lipinski definition) is 2. The van der Waals surface area contributed by atoms with Gasteiger partial charge in [0.15, 0.2) is 5.96 Å². The summed E-state index contributed by atoms with van der Waals surface area (Å²) in [6.07, 6.45) is 0.580. The number of aliphatic imine (C=N–C) groups is 1. The molecule has 1 unspecified atom stereocenters. The van der Waals surface area contributed by atoms with Gasteiger partial charge in [0.1, 0.15) is 0 Å². The first-order valence-corrected chi connectivity index (χ1v) is 8.97. The zero-order valence-corrected chi connectivity index (χ0v) is 15.8. The zero-order valence-electron chi connectivity index (χ0n) is 15.8. The molecule has 1 saturated heterocycles. The molecule has 1 fully saturated rings. The number of aromatic nitrogens is 2. The van der Waals surface area contributed by atoms with Gasteiger partial charge in [-0.15, -0.1) is 0 Å². The van der Waals surface area contributed by atoms with Gasteiger partial charge in [-0.3, -0.25) is 9.67 Å². The van der Waals surface area contributed by atoms with Gasteiger partial charge >= 0.3 is 6.18 Å². The number of aryl methyl sites for hydroxylation is 1. The van der Waals surface area contributed by atoms with E-state index in [-0.39, 0.29) is 0 Å². The predicted octanol–water partition coefficient (Wildman–Crippen LogP) is 2.86. The van der Waals surface area contributed by atoms with Crippen LogP contribution in [-0.2, 0) is 13.2 Å². The number of guanidine groups is 1. The Morgan fingerprint density at radius 2 is 2.21 bits per heavy atom. The first kappa shape index (κ1) is 19.8. The highest BCUT2D eigenvalue weighted by Crippen LogP contribution is 2.29. The van der Waals surface area contributed by atoms with E-state index in [2.05, 4.69) is 32.1 Å². The summed E-state index contributed by atoms with van der Waals surface area (Å²) in [4.78, 5) is 6.44. The number of nitrogens with zero attached hydrogens (tertiary/aromatic N) is 4. The van der Waals surface area contributed by atoms with Crippen molar-refractivity contribution < 1.29 is 13.2 Å². The minimum absolute atomic E-state index is 0.303. The second-order valence-electron chi connectivity index (χ2n) is 6.66. The number of halogens is 3. The zero-order chi connectivity index (χ0) is 20.1. The van der Waals surface area contributed by atoms with Crippen LogP contribution in [0.15, 0.2) is 41.7 Å².